The van der Waals surface area contributed by atoms with E-state index in [-0.39, 0.29) is 29.0 Å². The second kappa shape index (κ2) is 7.10. The molecule has 0 aliphatic rings. The fourth-order valence-corrected chi connectivity index (χ4v) is 2.43. The van der Waals surface area contributed by atoms with Gasteiger partial charge in [-0.2, -0.15) is 0 Å². The zero-order chi connectivity index (χ0) is 18.7. The molecule has 26 heavy (non-hydrogen) atoms. The molecule has 0 bridgehead atoms. The molecule has 7 heteroatoms. The van der Waals surface area contributed by atoms with Gasteiger partial charge in [-0.25, -0.2) is 4.79 Å². The number of hydrogen-bond acceptors (Lipinski definition) is 6. The van der Waals surface area contributed by atoms with E-state index in [1.54, 1.807) is 37.3 Å². The minimum Gasteiger partial charge on any atom is -0.502 e. The lowest BCUT2D eigenvalue weighted by atomic mass is 10.2. The summed E-state index contributed by atoms with van der Waals surface area (Å²) in [5.74, 6) is -1.34. The van der Waals surface area contributed by atoms with Crippen molar-refractivity contribution < 1.29 is 19.4 Å². The van der Waals surface area contributed by atoms with Crippen molar-refractivity contribution in [2.24, 2.45) is 0 Å². The van der Waals surface area contributed by atoms with E-state index in [1.165, 1.54) is 6.07 Å². The molecule has 0 aliphatic heterocycles. The first-order chi connectivity index (χ1) is 12.5. The number of pyridine rings is 1. The third kappa shape index (κ3) is 3.27. The summed E-state index contributed by atoms with van der Waals surface area (Å²) in [5, 5.41) is 10.2. The Morgan fingerprint density at radius 1 is 1.08 bits per heavy atom. The number of aromatic amines is 1. The number of aromatic hydroxyl groups is 1. The summed E-state index contributed by atoms with van der Waals surface area (Å²) in [7, 11) is 0. The zero-order valence-electron chi connectivity index (χ0n) is 13.8. The van der Waals surface area contributed by atoms with Crippen molar-refractivity contribution in [2.45, 2.75) is 6.92 Å². The minimum absolute atomic E-state index is 0.0542. The van der Waals surface area contributed by atoms with Gasteiger partial charge in [-0.15, -0.1) is 0 Å². The Kier molecular flexibility index (Phi) is 4.70. The number of hydrogen-bond donors (Lipinski definition) is 2. The monoisotopic (exact) mass is 353 g/mol. The Balaban J connectivity index is 2.29. The number of aromatic nitrogens is 1. The maximum absolute atomic E-state index is 12.6. The van der Waals surface area contributed by atoms with Crippen molar-refractivity contribution in [3.05, 3.63) is 74.7 Å². The number of para-hydroxylation sites is 1. The molecule has 0 fully saturated rings. The average Bonchev–Trinajstić information content (AvgIpc) is 2.75. The van der Waals surface area contributed by atoms with E-state index in [1.807, 2.05) is 0 Å². The van der Waals surface area contributed by atoms with Crippen LogP contribution >= 0.6 is 0 Å². The van der Waals surface area contributed by atoms with Gasteiger partial charge in [-0.3, -0.25) is 9.59 Å². The Bertz CT molecular complexity index is 1090. The van der Waals surface area contributed by atoms with E-state index >= 15 is 0 Å². The normalized spacial score (nSPS) is 10.5. The van der Waals surface area contributed by atoms with Crippen molar-refractivity contribution >= 4 is 16.9 Å². The highest BCUT2D eigenvalue weighted by molar-refractivity contribution is 5.93. The number of ether oxygens (including phenoxy) is 2. The van der Waals surface area contributed by atoms with Crippen molar-refractivity contribution in [1.29, 1.82) is 0 Å². The summed E-state index contributed by atoms with van der Waals surface area (Å²) >= 11 is 0. The Morgan fingerprint density at radius 3 is 2.50 bits per heavy atom. The van der Waals surface area contributed by atoms with Gasteiger partial charge in [0.05, 0.1) is 17.5 Å². The lowest BCUT2D eigenvalue weighted by molar-refractivity contribution is 0.0520. The average molecular weight is 353 g/mol. The smallest absolute Gasteiger partial charge is 0.354 e. The molecule has 0 aliphatic carbocycles. The van der Waals surface area contributed by atoms with Crippen LogP contribution in [-0.4, -0.2) is 22.7 Å². The number of carbonyl (C=O) groups excluding carboxylic acids is 1. The highest BCUT2D eigenvalue weighted by Gasteiger charge is 2.17. The number of benzene rings is 1. The molecule has 0 amide bonds. The Labute approximate surface area is 147 Å². The van der Waals surface area contributed by atoms with Gasteiger partial charge in [0.2, 0.25) is 11.2 Å². The highest BCUT2D eigenvalue weighted by atomic mass is 16.5. The van der Waals surface area contributed by atoms with Gasteiger partial charge in [-0.05, 0) is 31.2 Å². The lowest BCUT2D eigenvalue weighted by Gasteiger charge is -2.08. The molecule has 0 saturated carbocycles. The van der Waals surface area contributed by atoms with Crippen LogP contribution in [0.2, 0.25) is 0 Å². The molecule has 0 saturated heterocycles. The molecular formula is C19H15NO6. The van der Waals surface area contributed by atoms with E-state index in [0.717, 1.165) is 12.1 Å². The summed E-state index contributed by atoms with van der Waals surface area (Å²) < 4.78 is 10.5. The first-order valence-electron chi connectivity index (χ1n) is 7.84. The molecule has 7 nitrogen and oxygen atoms in total. The molecule has 1 heterocycles. The summed E-state index contributed by atoms with van der Waals surface area (Å²) in [6.07, 6.45) is 0. The molecule has 0 spiro atoms. The van der Waals surface area contributed by atoms with Gasteiger partial charge in [0.15, 0.2) is 11.2 Å². The molecule has 2 N–H and O–H groups in total. The van der Waals surface area contributed by atoms with Crippen LogP contribution in [0, 0.1) is 0 Å². The van der Waals surface area contributed by atoms with E-state index in [0.29, 0.717) is 5.75 Å². The van der Waals surface area contributed by atoms with Crippen LogP contribution in [0.4, 0.5) is 0 Å². The number of nitrogens with one attached hydrogen (secondary N) is 1. The van der Waals surface area contributed by atoms with E-state index in [9.17, 15) is 19.5 Å². The van der Waals surface area contributed by atoms with Gasteiger partial charge in [0.1, 0.15) is 11.4 Å². The fraction of sp³-hybridized carbons (Fsp3) is 0.105. The maximum atomic E-state index is 12.6. The molecule has 3 aromatic rings. The van der Waals surface area contributed by atoms with Crippen LogP contribution in [0.15, 0.2) is 58.1 Å². The second-order valence-electron chi connectivity index (χ2n) is 5.35. The van der Waals surface area contributed by atoms with Crippen molar-refractivity contribution in [2.75, 3.05) is 6.61 Å². The number of esters is 1. The van der Waals surface area contributed by atoms with Gasteiger partial charge in [0, 0.05) is 6.07 Å². The summed E-state index contributed by atoms with van der Waals surface area (Å²) in [6.45, 7) is 1.79. The Morgan fingerprint density at radius 2 is 1.81 bits per heavy atom. The predicted molar refractivity (Wildman–Crippen MR) is 95.0 cm³/mol. The lowest BCUT2D eigenvalue weighted by Crippen LogP contribution is -2.12. The highest BCUT2D eigenvalue weighted by Crippen LogP contribution is 2.32. The first-order valence-corrected chi connectivity index (χ1v) is 7.84. The second-order valence-corrected chi connectivity index (χ2v) is 5.35. The summed E-state index contributed by atoms with van der Waals surface area (Å²) in [5.41, 5.74) is -1.23. The van der Waals surface area contributed by atoms with Crippen LogP contribution in [0.5, 0.6) is 17.2 Å². The maximum Gasteiger partial charge on any atom is 0.354 e. The third-order valence-corrected chi connectivity index (χ3v) is 3.60. The van der Waals surface area contributed by atoms with Crippen LogP contribution in [0.25, 0.3) is 10.9 Å². The van der Waals surface area contributed by atoms with Gasteiger partial charge >= 0.3 is 5.97 Å². The third-order valence-electron chi connectivity index (χ3n) is 3.60. The predicted octanol–water partition coefficient (Wildman–Crippen LogP) is 2.56. The SMILES string of the molecule is CCOC(=O)c1cc(=O)c2c(Oc3ccccc3)c(O)c(=O)ccc2[nH]1. The van der Waals surface area contributed by atoms with Gasteiger partial charge in [0.25, 0.3) is 0 Å². The Hall–Kier alpha value is -3.61. The number of carbonyl (C=O) groups is 1. The number of H-pyrrole nitrogens is 1. The standard InChI is InChI=1S/C19H15NO6/c1-2-25-19(24)13-10-15(22)16-12(20-13)8-9-14(21)17(23)18(16)26-11-6-4-3-5-7-11/h3-10H,2H2,1H3,(H,20,22)(H,21,23). The molecule has 2 aromatic carbocycles. The largest absolute Gasteiger partial charge is 0.502 e. The van der Waals surface area contributed by atoms with Crippen molar-refractivity contribution in [1.82, 2.24) is 4.98 Å². The molecule has 132 valence electrons. The van der Waals surface area contributed by atoms with Crippen LogP contribution in [0.3, 0.4) is 0 Å². The molecule has 3 rings (SSSR count). The van der Waals surface area contributed by atoms with Crippen LogP contribution in [0.1, 0.15) is 17.4 Å². The quantitative estimate of drug-likeness (QED) is 0.698. The van der Waals surface area contributed by atoms with E-state index in [4.69, 9.17) is 9.47 Å². The molecule has 0 atom stereocenters. The summed E-state index contributed by atoms with van der Waals surface area (Å²) in [4.78, 5) is 39.3. The first kappa shape index (κ1) is 17.2. The van der Waals surface area contributed by atoms with E-state index in [2.05, 4.69) is 4.98 Å². The zero-order valence-corrected chi connectivity index (χ0v) is 13.8. The molecule has 0 unspecified atom stereocenters. The number of fused-ring (bicyclic) bond motifs is 1. The van der Waals surface area contributed by atoms with Crippen molar-refractivity contribution in [3.8, 4) is 17.2 Å². The van der Waals surface area contributed by atoms with Crippen LogP contribution in [-0.2, 0) is 4.74 Å². The van der Waals surface area contributed by atoms with Gasteiger partial charge in [-0.1, -0.05) is 18.2 Å². The van der Waals surface area contributed by atoms with Gasteiger partial charge < -0.3 is 19.6 Å². The number of rotatable bonds is 4. The van der Waals surface area contributed by atoms with Crippen LogP contribution < -0.4 is 15.6 Å². The molecular weight excluding hydrogens is 338 g/mol. The topological polar surface area (TPSA) is 106 Å². The molecule has 0 radical (unpaired) electrons. The van der Waals surface area contributed by atoms with E-state index < -0.39 is 22.6 Å². The molecule has 1 aromatic heterocycles. The minimum atomic E-state index is -0.724. The summed E-state index contributed by atoms with van der Waals surface area (Å²) in [6, 6.07) is 11.8. The fourth-order valence-electron chi connectivity index (χ4n) is 2.43. The van der Waals surface area contributed by atoms with Crippen molar-refractivity contribution in [3.63, 3.8) is 0 Å².